The molecule has 88 valence electrons. The predicted octanol–water partition coefficient (Wildman–Crippen LogP) is 0.352. The van der Waals surface area contributed by atoms with Crippen LogP contribution in [0.15, 0.2) is 18.2 Å². The maximum atomic E-state index is 11.7. The maximum absolute atomic E-state index is 11.7. The summed E-state index contributed by atoms with van der Waals surface area (Å²) in [6.45, 7) is 3.38. The standard InChI is InChI=1S/C11H17N3O2/c1-11(2,16)6-14-10(15)8-4-3-7(12)5-9(8)13/h3-5,16H,6,12-13H2,1-2H3,(H,14,15). The largest absolute Gasteiger partial charge is 0.399 e. The lowest BCUT2D eigenvalue weighted by Gasteiger charge is -2.18. The van der Waals surface area contributed by atoms with Crippen molar-refractivity contribution in [3.8, 4) is 0 Å². The molecule has 5 nitrogen and oxygen atoms in total. The molecule has 16 heavy (non-hydrogen) atoms. The summed E-state index contributed by atoms with van der Waals surface area (Å²) in [5.41, 5.74) is 11.4. The van der Waals surface area contributed by atoms with Gasteiger partial charge in [-0.2, -0.15) is 0 Å². The fraction of sp³-hybridized carbons (Fsp3) is 0.364. The van der Waals surface area contributed by atoms with Crippen LogP contribution in [0, 0.1) is 0 Å². The van der Waals surface area contributed by atoms with Gasteiger partial charge in [0.05, 0.1) is 11.2 Å². The molecule has 1 aromatic carbocycles. The molecule has 5 heteroatoms. The summed E-state index contributed by atoms with van der Waals surface area (Å²) >= 11 is 0. The third-order valence-corrected chi connectivity index (χ3v) is 2.00. The minimum Gasteiger partial charge on any atom is -0.399 e. The van der Waals surface area contributed by atoms with Crippen molar-refractivity contribution in [2.45, 2.75) is 19.4 Å². The Morgan fingerprint density at radius 2 is 2.06 bits per heavy atom. The van der Waals surface area contributed by atoms with E-state index in [1.54, 1.807) is 26.0 Å². The predicted molar refractivity (Wildman–Crippen MR) is 63.9 cm³/mol. The van der Waals surface area contributed by atoms with Crippen molar-refractivity contribution in [1.29, 1.82) is 0 Å². The number of rotatable bonds is 3. The summed E-state index contributed by atoms with van der Waals surface area (Å²) < 4.78 is 0. The number of hydrogen-bond acceptors (Lipinski definition) is 4. The van der Waals surface area contributed by atoms with Crippen molar-refractivity contribution in [2.24, 2.45) is 0 Å². The maximum Gasteiger partial charge on any atom is 0.253 e. The van der Waals surface area contributed by atoms with Crippen molar-refractivity contribution < 1.29 is 9.90 Å². The third kappa shape index (κ3) is 3.43. The summed E-state index contributed by atoms with van der Waals surface area (Å²) in [7, 11) is 0. The number of anilines is 2. The lowest BCUT2D eigenvalue weighted by atomic mass is 10.1. The molecule has 1 amide bonds. The van der Waals surface area contributed by atoms with E-state index in [2.05, 4.69) is 5.32 Å². The van der Waals surface area contributed by atoms with Crippen LogP contribution in [0.3, 0.4) is 0 Å². The smallest absolute Gasteiger partial charge is 0.253 e. The molecule has 0 atom stereocenters. The lowest BCUT2D eigenvalue weighted by molar-refractivity contribution is 0.0695. The Morgan fingerprint density at radius 3 is 2.56 bits per heavy atom. The number of carbonyl (C=O) groups is 1. The Balaban J connectivity index is 2.74. The van der Waals surface area contributed by atoms with E-state index in [-0.39, 0.29) is 12.5 Å². The van der Waals surface area contributed by atoms with E-state index >= 15 is 0 Å². The van der Waals surface area contributed by atoms with E-state index in [1.165, 1.54) is 6.07 Å². The highest BCUT2D eigenvalue weighted by atomic mass is 16.3. The number of hydrogen-bond donors (Lipinski definition) is 4. The van der Waals surface area contributed by atoms with Crippen molar-refractivity contribution in [2.75, 3.05) is 18.0 Å². The number of carbonyl (C=O) groups excluding carboxylic acids is 1. The lowest BCUT2D eigenvalue weighted by Crippen LogP contribution is -2.38. The quantitative estimate of drug-likeness (QED) is 0.555. The SMILES string of the molecule is CC(C)(O)CNC(=O)c1ccc(N)cc1N. The van der Waals surface area contributed by atoms with Crippen LogP contribution in [0.5, 0.6) is 0 Å². The molecule has 0 aliphatic heterocycles. The van der Waals surface area contributed by atoms with Crippen molar-refractivity contribution in [3.63, 3.8) is 0 Å². The molecule has 0 unspecified atom stereocenters. The number of nitrogens with two attached hydrogens (primary N) is 2. The van der Waals surface area contributed by atoms with Gasteiger partial charge >= 0.3 is 0 Å². The molecule has 1 rings (SSSR count). The molecule has 0 saturated heterocycles. The van der Waals surface area contributed by atoms with Gasteiger partial charge < -0.3 is 21.9 Å². The Kier molecular flexibility index (Phi) is 3.39. The molecule has 0 fully saturated rings. The molecule has 0 aliphatic rings. The van der Waals surface area contributed by atoms with Crippen molar-refractivity contribution in [1.82, 2.24) is 5.32 Å². The molecule has 0 heterocycles. The van der Waals surface area contributed by atoms with E-state index in [1.807, 2.05) is 0 Å². The second kappa shape index (κ2) is 4.40. The van der Waals surface area contributed by atoms with Crippen molar-refractivity contribution in [3.05, 3.63) is 23.8 Å². The van der Waals surface area contributed by atoms with Gasteiger partial charge in [-0.05, 0) is 32.0 Å². The van der Waals surface area contributed by atoms with Gasteiger partial charge in [0.2, 0.25) is 0 Å². The first-order chi connectivity index (χ1) is 7.29. The van der Waals surface area contributed by atoms with E-state index in [9.17, 15) is 9.90 Å². The van der Waals surface area contributed by atoms with Crippen LogP contribution in [0.2, 0.25) is 0 Å². The summed E-state index contributed by atoms with van der Waals surface area (Å²) in [6, 6.07) is 4.69. The summed E-state index contributed by atoms with van der Waals surface area (Å²) in [5.74, 6) is -0.320. The van der Waals surface area contributed by atoms with Crippen LogP contribution in [0.1, 0.15) is 24.2 Å². The van der Waals surface area contributed by atoms with Gasteiger partial charge in [0, 0.05) is 17.9 Å². The second-order valence-corrected chi connectivity index (χ2v) is 4.34. The minimum atomic E-state index is -0.946. The minimum absolute atomic E-state index is 0.162. The third-order valence-electron chi connectivity index (χ3n) is 2.00. The van der Waals surface area contributed by atoms with Crippen LogP contribution in [-0.4, -0.2) is 23.2 Å². The van der Waals surface area contributed by atoms with E-state index in [0.29, 0.717) is 16.9 Å². The zero-order valence-electron chi connectivity index (χ0n) is 9.45. The Labute approximate surface area is 94.4 Å². The highest BCUT2D eigenvalue weighted by molar-refractivity contribution is 5.99. The summed E-state index contributed by atoms with van der Waals surface area (Å²) in [5, 5.41) is 12.1. The normalized spacial score (nSPS) is 11.2. The number of aliphatic hydroxyl groups is 1. The number of nitrogens with one attached hydrogen (secondary N) is 1. The van der Waals surface area contributed by atoms with Crippen LogP contribution in [0.25, 0.3) is 0 Å². The molecular formula is C11H17N3O2. The van der Waals surface area contributed by atoms with Gasteiger partial charge in [-0.3, -0.25) is 4.79 Å². The van der Waals surface area contributed by atoms with E-state index < -0.39 is 5.60 Å². The highest BCUT2D eigenvalue weighted by Crippen LogP contribution is 2.15. The van der Waals surface area contributed by atoms with Gasteiger partial charge in [0.1, 0.15) is 0 Å². The van der Waals surface area contributed by atoms with Crippen molar-refractivity contribution >= 4 is 17.3 Å². The van der Waals surface area contributed by atoms with Crippen LogP contribution < -0.4 is 16.8 Å². The Bertz CT molecular complexity index is 397. The second-order valence-electron chi connectivity index (χ2n) is 4.34. The van der Waals surface area contributed by atoms with Gasteiger partial charge in [-0.15, -0.1) is 0 Å². The summed E-state index contributed by atoms with van der Waals surface area (Å²) in [4.78, 5) is 11.7. The molecule has 0 radical (unpaired) electrons. The number of amides is 1. The first-order valence-electron chi connectivity index (χ1n) is 4.95. The number of nitrogen functional groups attached to an aromatic ring is 2. The molecule has 6 N–H and O–H groups in total. The monoisotopic (exact) mass is 223 g/mol. The molecule has 0 spiro atoms. The average molecular weight is 223 g/mol. The van der Waals surface area contributed by atoms with Gasteiger partial charge in [0.15, 0.2) is 0 Å². The molecule has 0 bridgehead atoms. The molecular weight excluding hydrogens is 206 g/mol. The van der Waals surface area contributed by atoms with Gasteiger partial charge in [0.25, 0.3) is 5.91 Å². The highest BCUT2D eigenvalue weighted by Gasteiger charge is 2.16. The summed E-state index contributed by atoms with van der Waals surface area (Å²) in [6.07, 6.45) is 0. The van der Waals surface area contributed by atoms with E-state index in [0.717, 1.165) is 0 Å². The Morgan fingerprint density at radius 1 is 1.44 bits per heavy atom. The fourth-order valence-electron chi connectivity index (χ4n) is 1.18. The average Bonchev–Trinajstić information content (AvgIpc) is 2.13. The molecule has 0 aliphatic carbocycles. The van der Waals surface area contributed by atoms with E-state index in [4.69, 9.17) is 11.5 Å². The number of benzene rings is 1. The molecule has 0 aromatic heterocycles. The van der Waals surface area contributed by atoms with Crippen LogP contribution >= 0.6 is 0 Å². The zero-order chi connectivity index (χ0) is 12.3. The van der Waals surface area contributed by atoms with Gasteiger partial charge in [-0.1, -0.05) is 0 Å². The topological polar surface area (TPSA) is 101 Å². The van der Waals surface area contributed by atoms with Crippen LogP contribution in [0.4, 0.5) is 11.4 Å². The first-order valence-corrected chi connectivity index (χ1v) is 4.95. The fourth-order valence-corrected chi connectivity index (χ4v) is 1.18. The molecule has 1 aromatic rings. The Hall–Kier alpha value is -1.75. The van der Waals surface area contributed by atoms with Gasteiger partial charge in [-0.25, -0.2) is 0 Å². The van der Waals surface area contributed by atoms with Crippen LogP contribution in [-0.2, 0) is 0 Å². The first kappa shape index (κ1) is 12.3. The molecule has 0 saturated carbocycles. The zero-order valence-corrected chi connectivity index (χ0v) is 9.45.